The van der Waals surface area contributed by atoms with E-state index in [1.807, 2.05) is 12.1 Å². The summed E-state index contributed by atoms with van der Waals surface area (Å²) < 4.78 is 0. The Kier molecular flexibility index (Phi) is 5.00. The molecule has 0 bridgehead atoms. The van der Waals surface area contributed by atoms with Gasteiger partial charge in [-0.1, -0.05) is 6.92 Å². The summed E-state index contributed by atoms with van der Waals surface area (Å²) in [6.07, 6.45) is 3.30. The van der Waals surface area contributed by atoms with Crippen molar-refractivity contribution in [2.45, 2.75) is 6.92 Å². The minimum Gasteiger partial charge on any atom is -0.395 e. The Labute approximate surface area is 112 Å². The van der Waals surface area contributed by atoms with E-state index >= 15 is 0 Å². The van der Waals surface area contributed by atoms with Crippen molar-refractivity contribution in [3.63, 3.8) is 0 Å². The molecule has 102 valence electrons. The highest BCUT2D eigenvalue weighted by molar-refractivity contribution is 5.71. The summed E-state index contributed by atoms with van der Waals surface area (Å²) in [7, 11) is 0. The van der Waals surface area contributed by atoms with E-state index in [1.54, 1.807) is 12.4 Å². The van der Waals surface area contributed by atoms with Gasteiger partial charge in [-0.15, -0.1) is 0 Å². The predicted octanol–water partition coefficient (Wildman–Crippen LogP) is 0.751. The molecule has 2 N–H and O–H groups in total. The van der Waals surface area contributed by atoms with Crippen LogP contribution >= 0.6 is 0 Å². The summed E-state index contributed by atoms with van der Waals surface area (Å²) in [5.41, 5.74) is 1.44. The molecule has 0 saturated heterocycles. The zero-order valence-electron chi connectivity index (χ0n) is 11.1. The Morgan fingerprint density at radius 3 is 2.84 bits per heavy atom. The lowest BCUT2D eigenvalue weighted by Gasteiger charge is -2.19. The van der Waals surface area contributed by atoms with E-state index < -0.39 is 0 Å². The average molecular weight is 261 g/mol. The van der Waals surface area contributed by atoms with Crippen molar-refractivity contribution in [2.75, 3.05) is 38.1 Å². The van der Waals surface area contributed by atoms with Crippen LogP contribution in [0.2, 0.25) is 0 Å². The van der Waals surface area contributed by atoms with Crippen molar-refractivity contribution in [2.24, 2.45) is 0 Å². The predicted molar refractivity (Wildman–Crippen MR) is 75.0 cm³/mol. The number of aliphatic hydroxyl groups is 1. The minimum atomic E-state index is 0.192. The quantitative estimate of drug-likeness (QED) is 0.766. The van der Waals surface area contributed by atoms with Crippen LogP contribution < -0.4 is 5.32 Å². The van der Waals surface area contributed by atoms with Crippen molar-refractivity contribution in [1.29, 1.82) is 0 Å². The normalized spacial score (nSPS) is 11.1. The first-order chi connectivity index (χ1) is 9.33. The summed E-state index contributed by atoms with van der Waals surface area (Å²) in [6, 6.07) is 3.81. The number of rotatable bonds is 7. The highest BCUT2D eigenvalue weighted by Crippen LogP contribution is 2.09. The van der Waals surface area contributed by atoms with Gasteiger partial charge in [0.2, 0.25) is 0 Å². The molecule has 0 amide bonds. The highest BCUT2D eigenvalue weighted by atomic mass is 16.3. The number of nitrogens with zero attached hydrogens (tertiary/aromatic N) is 4. The molecule has 0 atom stereocenters. The van der Waals surface area contributed by atoms with Gasteiger partial charge in [0.25, 0.3) is 0 Å². The number of aliphatic hydroxyl groups excluding tert-OH is 1. The smallest absolute Gasteiger partial charge is 0.180 e. The second-order valence-electron chi connectivity index (χ2n) is 4.18. The molecule has 6 heteroatoms. The van der Waals surface area contributed by atoms with Crippen molar-refractivity contribution in [3.8, 4) is 0 Å². The molecule has 0 aliphatic rings. The molecule has 2 aromatic heterocycles. The van der Waals surface area contributed by atoms with Crippen LogP contribution in [0.3, 0.4) is 0 Å². The number of hydrogen-bond donors (Lipinski definition) is 2. The molecule has 0 unspecified atom stereocenters. The van der Waals surface area contributed by atoms with Gasteiger partial charge in [-0.3, -0.25) is 9.88 Å². The fourth-order valence-corrected chi connectivity index (χ4v) is 1.86. The van der Waals surface area contributed by atoms with E-state index in [9.17, 15) is 0 Å². The van der Waals surface area contributed by atoms with E-state index in [2.05, 4.69) is 32.1 Å². The molecule has 2 aromatic rings. The second kappa shape index (κ2) is 6.96. The first-order valence-electron chi connectivity index (χ1n) is 6.48. The maximum Gasteiger partial charge on any atom is 0.180 e. The molecule has 0 fully saturated rings. The molecule has 19 heavy (non-hydrogen) atoms. The Hall–Kier alpha value is -1.79. The maximum absolute atomic E-state index is 8.91. The van der Waals surface area contributed by atoms with Gasteiger partial charge in [0, 0.05) is 32.0 Å². The molecule has 0 aliphatic heterocycles. The molecule has 0 spiro atoms. The van der Waals surface area contributed by atoms with E-state index in [0.29, 0.717) is 12.2 Å². The summed E-state index contributed by atoms with van der Waals surface area (Å²) in [5, 5.41) is 12.2. The Morgan fingerprint density at radius 2 is 2.05 bits per heavy atom. The zero-order chi connectivity index (χ0) is 13.5. The number of likely N-dealkylation sites (N-methyl/N-ethyl adjacent to an activating group) is 1. The third kappa shape index (κ3) is 3.84. The van der Waals surface area contributed by atoms with Gasteiger partial charge in [-0.25, -0.2) is 9.97 Å². The third-order valence-electron chi connectivity index (χ3n) is 2.93. The number of aromatic nitrogens is 3. The topological polar surface area (TPSA) is 74.2 Å². The third-order valence-corrected chi connectivity index (χ3v) is 2.93. The van der Waals surface area contributed by atoms with E-state index in [0.717, 1.165) is 31.0 Å². The van der Waals surface area contributed by atoms with Crippen molar-refractivity contribution in [1.82, 2.24) is 19.9 Å². The fourth-order valence-electron chi connectivity index (χ4n) is 1.86. The molecule has 0 saturated carbocycles. The SMILES string of the molecule is CCN(CCO)CCNc1ccc2nccnc2n1. The minimum absolute atomic E-state index is 0.192. The van der Waals surface area contributed by atoms with Gasteiger partial charge in [-0.05, 0) is 18.7 Å². The van der Waals surface area contributed by atoms with Crippen LogP contribution in [0.4, 0.5) is 5.82 Å². The van der Waals surface area contributed by atoms with Crippen LogP contribution in [0.5, 0.6) is 0 Å². The van der Waals surface area contributed by atoms with Gasteiger partial charge in [-0.2, -0.15) is 0 Å². The number of nitrogens with one attached hydrogen (secondary N) is 1. The first-order valence-corrected chi connectivity index (χ1v) is 6.48. The first kappa shape index (κ1) is 13.6. The number of hydrogen-bond acceptors (Lipinski definition) is 6. The molecule has 0 aliphatic carbocycles. The van der Waals surface area contributed by atoms with Crippen molar-refractivity contribution < 1.29 is 5.11 Å². The number of anilines is 1. The molecular weight excluding hydrogens is 242 g/mol. The fraction of sp³-hybridized carbons (Fsp3) is 0.462. The van der Waals surface area contributed by atoms with Gasteiger partial charge in [0.05, 0.1) is 6.61 Å². The van der Waals surface area contributed by atoms with Crippen molar-refractivity contribution >= 4 is 17.0 Å². The Bertz CT molecular complexity index is 519. The molecule has 2 heterocycles. The summed E-state index contributed by atoms with van der Waals surface area (Å²) in [4.78, 5) is 14.9. The van der Waals surface area contributed by atoms with E-state index in [-0.39, 0.29) is 6.61 Å². The lowest BCUT2D eigenvalue weighted by Crippen LogP contribution is -2.31. The number of pyridine rings is 1. The van der Waals surface area contributed by atoms with Gasteiger partial charge >= 0.3 is 0 Å². The van der Waals surface area contributed by atoms with E-state index in [1.165, 1.54) is 0 Å². The molecular formula is C13H19N5O. The summed E-state index contributed by atoms with van der Waals surface area (Å²) >= 11 is 0. The largest absolute Gasteiger partial charge is 0.395 e. The Morgan fingerprint density at radius 1 is 1.21 bits per heavy atom. The zero-order valence-corrected chi connectivity index (χ0v) is 11.1. The average Bonchev–Trinajstić information content (AvgIpc) is 2.46. The standard InChI is InChI=1S/C13H19N5O/c1-2-18(9-10-19)8-7-15-12-4-3-11-13(17-12)16-6-5-14-11/h3-6,19H,2,7-10H2,1H3,(H,15,16,17). The molecule has 6 nitrogen and oxygen atoms in total. The monoisotopic (exact) mass is 261 g/mol. The molecule has 0 aromatic carbocycles. The van der Waals surface area contributed by atoms with Crippen LogP contribution in [0, 0.1) is 0 Å². The van der Waals surface area contributed by atoms with Crippen LogP contribution in [-0.2, 0) is 0 Å². The van der Waals surface area contributed by atoms with Gasteiger partial charge < -0.3 is 10.4 Å². The van der Waals surface area contributed by atoms with Crippen molar-refractivity contribution in [3.05, 3.63) is 24.5 Å². The summed E-state index contributed by atoms with van der Waals surface area (Å²) in [6.45, 7) is 5.56. The van der Waals surface area contributed by atoms with Gasteiger partial charge in [0.1, 0.15) is 11.3 Å². The van der Waals surface area contributed by atoms with Gasteiger partial charge in [0.15, 0.2) is 5.65 Å². The lowest BCUT2D eigenvalue weighted by molar-refractivity contribution is 0.206. The highest BCUT2D eigenvalue weighted by Gasteiger charge is 2.02. The van der Waals surface area contributed by atoms with Crippen LogP contribution in [0.15, 0.2) is 24.5 Å². The summed E-state index contributed by atoms with van der Waals surface area (Å²) in [5.74, 6) is 0.799. The molecule has 2 rings (SSSR count). The van der Waals surface area contributed by atoms with E-state index in [4.69, 9.17) is 5.11 Å². The lowest BCUT2D eigenvalue weighted by atomic mass is 10.4. The number of fused-ring (bicyclic) bond motifs is 1. The molecule has 0 radical (unpaired) electrons. The second-order valence-corrected chi connectivity index (χ2v) is 4.18. The van der Waals surface area contributed by atoms with Crippen LogP contribution in [-0.4, -0.2) is 57.7 Å². The Balaban J connectivity index is 1.90. The van der Waals surface area contributed by atoms with Crippen LogP contribution in [0.25, 0.3) is 11.2 Å². The maximum atomic E-state index is 8.91. The van der Waals surface area contributed by atoms with Crippen LogP contribution in [0.1, 0.15) is 6.92 Å².